The van der Waals surface area contributed by atoms with Crippen molar-refractivity contribution in [2.75, 3.05) is 0 Å². The van der Waals surface area contributed by atoms with Gasteiger partial charge in [0.1, 0.15) is 12.4 Å². The zero-order chi connectivity index (χ0) is 21.6. The minimum atomic E-state index is 0.237. The number of hydrogen-bond acceptors (Lipinski definition) is 5. The molecule has 0 aliphatic heterocycles. The molecule has 0 atom stereocenters. The van der Waals surface area contributed by atoms with Crippen LogP contribution in [0.2, 0.25) is 10.0 Å². The summed E-state index contributed by atoms with van der Waals surface area (Å²) in [7, 11) is 0. The lowest BCUT2D eigenvalue weighted by Gasteiger charge is -2.11. The number of thioether (sulfide) groups is 1. The Morgan fingerprint density at radius 3 is 2.42 bits per heavy atom. The zero-order valence-electron chi connectivity index (χ0n) is 16.2. The Morgan fingerprint density at radius 1 is 0.935 bits per heavy atom. The molecule has 1 heterocycles. The van der Waals surface area contributed by atoms with E-state index in [0.29, 0.717) is 32.9 Å². The van der Waals surface area contributed by atoms with E-state index in [-0.39, 0.29) is 6.61 Å². The zero-order valence-corrected chi connectivity index (χ0v) is 18.5. The molecule has 0 N–H and O–H groups in total. The number of nitrogens with zero attached hydrogens (tertiary/aromatic N) is 4. The number of aromatic nitrogens is 3. The molecule has 31 heavy (non-hydrogen) atoms. The van der Waals surface area contributed by atoms with Crippen molar-refractivity contribution in [3.8, 4) is 17.5 Å². The number of para-hydroxylation sites is 1. The smallest absolute Gasteiger partial charge is 0.196 e. The summed E-state index contributed by atoms with van der Waals surface area (Å²) in [6.07, 6.45) is 0. The van der Waals surface area contributed by atoms with E-state index in [0.717, 1.165) is 16.4 Å². The maximum atomic E-state index is 8.93. The predicted molar refractivity (Wildman–Crippen MR) is 123 cm³/mol. The molecule has 8 heteroatoms. The minimum absolute atomic E-state index is 0.237. The van der Waals surface area contributed by atoms with Crippen molar-refractivity contribution < 1.29 is 4.74 Å². The first-order valence-corrected chi connectivity index (χ1v) is 11.1. The Bertz CT molecular complexity index is 1220. The number of ether oxygens (including phenoxy) is 1. The van der Waals surface area contributed by atoms with Gasteiger partial charge in [0.2, 0.25) is 0 Å². The molecular weight excluding hydrogens is 451 g/mol. The monoisotopic (exact) mass is 466 g/mol. The van der Waals surface area contributed by atoms with Gasteiger partial charge in [-0.2, -0.15) is 5.26 Å². The van der Waals surface area contributed by atoms with Crippen LogP contribution in [0.3, 0.4) is 0 Å². The standard InChI is InChI=1S/C23H16Cl2N4OS/c24-20-11-8-17(12-21(20)25)15-31-23-28-27-22(29(23)18-4-2-1-3-5-18)14-30-19-9-6-16(13-26)7-10-19/h1-12H,14-15H2. The van der Waals surface area contributed by atoms with Crippen molar-refractivity contribution in [1.82, 2.24) is 14.8 Å². The second kappa shape index (κ2) is 9.88. The molecule has 4 rings (SSSR count). The molecule has 0 fully saturated rings. The first-order chi connectivity index (χ1) is 15.1. The van der Waals surface area contributed by atoms with Gasteiger partial charge in [-0.1, -0.05) is 59.2 Å². The van der Waals surface area contributed by atoms with Gasteiger partial charge >= 0.3 is 0 Å². The van der Waals surface area contributed by atoms with Gasteiger partial charge in [0, 0.05) is 11.4 Å². The molecule has 0 amide bonds. The third-order valence-corrected chi connectivity index (χ3v) is 6.16. The molecule has 0 aliphatic carbocycles. The fourth-order valence-electron chi connectivity index (χ4n) is 2.87. The fourth-order valence-corrected chi connectivity index (χ4v) is 4.11. The van der Waals surface area contributed by atoms with E-state index < -0.39 is 0 Å². The van der Waals surface area contributed by atoms with Gasteiger partial charge in [0.05, 0.1) is 21.7 Å². The summed E-state index contributed by atoms with van der Waals surface area (Å²) in [5.41, 5.74) is 2.57. The minimum Gasteiger partial charge on any atom is -0.486 e. The highest BCUT2D eigenvalue weighted by atomic mass is 35.5. The quantitative estimate of drug-likeness (QED) is 0.298. The number of hydrogen-bond donors (Lipinski definition) is 0. The Labute approximate surface area is 194 Å². The largest absolute Gasteiger partial charge is 0.486 e. The van der Waals surface area contributed by atoms with Crippen LogP contribution >= 0.6 is 35.0 Å². The van der Waals surface area contributed by atoms with Crippen molar-refractivity contribution in [3.63, 3.8) is 0 Å². The van der Waals surface area contributed by atoms with Crippen molar-refractivity contribution in [1.29, 1.82) is 5.26 Å². The van der Waals surface area contributed by atoms with Crippen molar-refractivity contribution in [2.45, 2.75) is 17.5 Å². The second-order valence-corrected chi connectivity index (χ2v) is 8.29. The Kier molecular flexibility index (Phi) is 6.78. The molecule has 0 radical (unpaired) electrons. The molecule has 1 aromatic heterocycles. The summed E-state index contributed by atoms with van der Waals surface area (Å²) in [5, 5.41) is 19.5. The third-order valence-electron chi connectivity index (χ3n) is 4.42. The molecule has 3 aromatic carbocycles. The van der Waals surface area contributed by atoms with Crippen molar-refractivity contribution in [3.05, 3.63) is 99.8 Å². The maximum Gasteiger partial charge on any atom is 0.196 e. The molecule has 0 saturated heterocycles. The predicted octanol–water partition coefficient (Wildman–Crippen LogP) is 6.32. The summed E-state index contributed by atoms with van der Waals surface area (Å²) in [6, 6.07) is 24.5. The van der Waals surface area contributed by atoms with Crippen molar-refractivity contribution in [2.24, 2.45) is 0 Å². The highest BCUT2D eigenvalue weighted by Gasteiger charge is 2.15. The first kappa shape index (κ1) is 21.3. The van der Waals surface area contributed by atoms with Gasteiger partial charge in [-0.25, -0.2) is 0 Å². The summed E-state index contributed by atoms with van der Waals surface area (Å²) in [6.45, 7) is 0.237. The van der Waals surface area contributed by atoms with Crippen LogP contribution in [0.5, 0.6) is 5.75 Å². The summed E-state index contributed by atoms with van der Waals surface area (Å²) in [5.74, 6) is 2.00. The fraction of sp³-hybridized carbons (Fsp3) is 0.0870. The number of rotatable bonds is 7. The lowest BCUT2D eigenvalue weighted by Crippen LogP contribution is -2.06. The number of benzene rings is 3. The van der Waals surface area contributed by atoms with Crippen LogP contribution in [-0.2, 0) is 12.4 Å². The van der Waals surface area contributed by atoms with Crippen LogP contribution < -0.4 is 4.74 Å². The molecule has 154 valence electrons. The van der Waals surface area contributed by atoms with E-state index in [9.17, 15) is 0 Å². The van der Waals surface area contributed by atoms with Gasteiger partial charge in [0.25, 0.3) is 0 Å². The van der Waals surface area contributed by atoms with Crippen LogP contribution in [0, 0.1) is 11.3 Å². The van der Waals surface area contributed by atoms with E-state index >= 15 is 0 Å². The van der Waals surface area contributed by atoms with Gasteiger partial charge < -0.3 is 4.74 Å². The molecular formula is C23H16Cl2N4OS. The van der Waals surface area contributed by atoms with Crippen LogP contribution in [0.1, 0.15) is 17.0 Å². The summed E-state index contributed by atoms with van der Waals surface area (Å²) >= 11 is 13.7. The third kappa shape index (κ3) is 5.20. The maximum absolute atomic E-state index is 8.93. The Morgan fingerprint density at radius 2 is 1.71 bits per heavy atom. The van der Waals surface area contributed by atoms with Crippen LogP contribution in [0.15, 0.2) is 78.0 Å². The van der Waals surface area contributed by atoms with E-state index in [1.807, 2.05) is 47.0 Å². The topological polar surface area (TPSA) is 63.7 Å². The average Bonchev–Trinajstić information content (AvgIpc) is 3.22. The highest BCUT2D eigenvalue weighted by Crippen LogP contribution is 2.29. The number of halogens is 2. The lowest BCUT2D eigenvalue weighted by atomic mass is 10.2. The molecule has 0 bridgehead atoms. The van der Waals surface area contributed by atoms with E-state index in [1.165, 1.54) is 0 Å². The van der Waals surface area contributed by atoms with Gasteiger partial charge in [-0.3, -0.25) is 4.57 Å². The Hall–Kier alpha value is -2.98. The highest BCUT2D eigenvalue weighted by molar-refractivity contribution is 7.98. The van der Waals surface area contributed by atoms with Crippen molar-refractivity contribution >= 4 is 35.0 Å². The van der Waals surface area contributed by atoms with E-state index in [1.54, 1.807) is 42.1 Å². The first-order valence-electron chi connectivity index (χ1n) is 9.33. The molecule has 5 nitrogen and oxygen atoms in total. The summed E-state index contributed by atoms with van der Waals surface area (Å²) in [4.78, 5) is 0. The average molecular weight is 467 g/mol. The van der Waals surface area contributed by atoms with Crippen LogP contribution in [0.4, 0.5) is 0 Å². The van der Waals surface area contributed by atoms with E-state index in [2.05, 4.69) is 16.3 Å². The molecule has 0 saturated carbocycles. The molecule has 0 aliphatic rings. The van der Waals surface area contributed by atoms with Crippen LogP contribution in [0.25, 0.3) is 5.69 Å². The van der Waals surface area contributed by atoms with Gasteiger partial charge in [-0.15, -0.1) is 10.2 Å². The van der Waals surface area contributed by atoms with Gasteiger partial charge in [-0.05, 0) is 54.1 Å². The van der Waals surface area contributed by atoms with Gasteiger partial charge in [0.15, 0.2) is 11.0 Å². The molecule has 0 spiro atoms. The SMILES string of the molecule is N#Cc1ccc(OCc2nnc(SCc3ccc(Cl)c(Cl)c3)n2-c2ccccc2)cc1. The normalized spacial score (nSPS) is 10.6. The molecule has 0 unspecified atom stereocenters. The Balaban J connectivity index is 1.56. The second-order valence-electron chi connectivity index (χ2n) is 6.53. The molecule has 4 aromatic rings. The van der Waals surface area contributed by atoms with Crippen LogP contribution in [-0.4, -0.2) is 14.8 Å². The number of nitriles is 1. The van der Waals surface area contributed by atoms with E-state index in [4.69, 9.17) is 33.2 Å². The lowest BCUT2D eigenvalue weighted by molar-refractivity contribution is 0.293. The summed E-state index contributed by atoms with van der Waals surface area (Å²) < 4.78 is 7.86.